The molecule has 3 nitrogen and oxygen atoms in total. The van der Waals surface area contributed by atoms with Crippen molar-refractivity contribution in [2.75, 3.05) is 18.0 Å². The molecule has 3 rings (SSSR count). The van der Waals surface area contributed by atoms with E-state index < -0.39 is 0 Å². The van der Waals surface area contributed by atoms with Crippen LogP contribution < -0.4 is 10.2 Å². The average Bonchev–Trinajstić information content (AvgIpc) is 3.10. The Hall–Kier alpha value is -1.51. The van der Waals surface area contributed by atoms with Crippen molar-refractivity contribution >= 4 is 11.6 Å². The van der Waals surface area contributed by atoms with Gasteiger partial charge < -0.3 is 10.2 Å². The number of nitrogens with one attached hydrogen (secondary N) is 1. The van der Waals surface area contributed by atoms with Crippen molar-refractivity contribution in [2.24, 2.45) is 5.92 Å². The third-order valence-corrected chi connectivity index (χ3v) is 5.35. The van der Waals surface area contributed by atoms with Gasteiger partial charge in [0.05, 0.1) is 5.56 Å². The van der Waals surface area contributed by atoms with Crippen LogP contribution in [0.2, 0.25) is 0 Å². The Balaban J connectivity index is 1.65. The van der Waals surface area contributed by atoms with Crippen molar-refractivity contribution in [1.29, 1.82) is 0 Å². The first kappa shape index (κ1) is 15.4. The highest BCUT2D eigenvalue weighted by Gasteiger charge is 2.24. The Morgan fingerprint density at radius 2 is 1.82 bits per heavy atom. The number of rotatable bonds is 4. The lowest BCUT2D eigenvalue weighted by Gasteiger charge is -2.29. The SMILES string of the molecule is CCC1CCC(NC(=O)c2ccccc2N2CCCC2)CC1. The molecule has 1 N–H and O–H groups in total. The fourth-order valence-electron chi connectivity index (χ4n) is 3.88. The maximum Gasteiger partial charge on any atom is 0.253 e. The van der Waals surface area contributed by atoms with Crippen LogP contribution >= 0.6 is 0 Å². The summed E-state index contributed by atoms with van der Waals surface area (Å²) in [5.41, 5.74) is 1.96. The molecule has 0 bridgehead atoms. The van der Waals surface area contributed by atoms with Crippen molar-refractivity contribution in [2.45, 2.75) is 57.9 Å². The molecule has 0 atom stereocenters. The molecular weight excluding hydrogens is 272 g/mol. The van der Waals surface area contributed by atoms with Crippen LogP contribution in [-0.4, -0.2) is 25.0 Å². The van der Waals surface area contributed by atoms with Crippen molar-refractivity contribution < 1.29 is 4.79 Å². The Labute approximate surface area is 134 Å². The summed E-state index contributed by atoms with van der Waals surface area (Å²) >= 11 is 0. The van der Waals surface area contributed by atoms with Crippen LogP contribution in [0.1, 0.15) is 62.2 Å². The highest BCUT2D eigenvalue weighted by molar-refractivity contribution is 6.00. The Kier molecular flexibility index (Phi) is 5.01. The summed E-state index contributed by atoms with van der Waals surface area (Å²) in [4.78, 5) is 15.1. The van der Waals surface area contributed by atoms with E-state index in [9.17, 15) is 4.79 Å². The molecule has 1 aromatic carbocycles. The monoisotopic (exact) mass is 300 g/mol. The summed E-state index contributed by atoms with van der Waals surface area (Å²) in [5.74, 6) is 0.979. The van der Waals surface area contributed by atoms with Crippen molar-refractivity contribution in [3.05, 3.63) is 29.8 Å². The lowest BCUT2D eigenvalue weighted by molar-refractivity contribution is 0.0922. The molecular formula is C19H28N2O. The predicted octanol–water partition coefficient (Wildman–Crippen LogP) is 3.99. The molecule has 1 aliphatic carbocycles. The van der Waals surface area contributed by atoms with Gasteiger partial charge in [0, 0.05) is 24.8 Å². The van der Waals surface area contributed by atoms with Crippen molar-refractivity contribution in [1.82, 2.24) is 5.32 Å². The second kappa shape index (κ2) is 7.17. The first-order chi connectivity index (χ1) is 10.8. The smallest absolute Gasteiger partial charge is 0.253 e. The van der Waals surface area contributed by atoms with Crippen LogP contribution in [0.4, 0.5) is 5.69 Å². The van der Waals surface area contributed by atoms with E-state index in [0.29, 0.717) is 6.04 Å². The molecule has 2 aliphatic rings. The van der Waals surface area contributed by atoms with Gasteiger partial charge >= 0.3 is 0 Å². The molecule has 0 spiro atoms. The maximum absolute atomic E-state index is 12.7. The summed E-state index contributed by atoms with van der Waals surface area (Å²) in [6.07, 6.45) is 8.53. The number of hydrogen-bond acceptors (Lipinski definition) is 2. The highest BCUT2D eigenvalue weighted by Crippen LogP contribution is 2.28. The molecule has 3 heteroatoms. The quantitative estimate of drug-likeness (QED) is 0.912. The van der Waals surface area contributed by atoms with Gasteiger partial charge in [-0.15, -0.1) is 0 Å². The second-order valence-electron chi connectivity index (χ2n) is 6.81. The lowest BCUT2D eigenvalue weighted by Crippen LogP contribution is -2.38. The van der Waals surface area contributed by atoms with Gasteiger partial charge in [0.2, 0.25) is 0 Å². The van der Waals surface area contributed by atoms with Crippen LogP contribution in [0.5, 0.6) is 0 Å². The van der Waals surface area contributed by atoms with Gasteiger partial charge in [-0.3, -0.25) is 4.79 Å². The van der Waals surface area contributed by atoms with Gasteiger partial charge in [-0.05, 0) is 56.6 Å². The van der Waals surface area contributed by atoms with Crippen LogP contribution in [0.3, 0.4) is 0 Å². The number of carbonyl (C=O) groups excluding carboxylic acids is 1. The van der Waals surface area contributed by atoms with E-state index in [2.05, 4.69) is 23.2 Å². The fourth-order valence-corrected chi connectivity index (χ4v) is 3.88. The zero-order valence-electron chi connectivity index (χ0n) is 13.7. The van der Waals surface area contributed by atoms with Crippen LogP contribution in [-0.2, 0) is 0 Å². The van der Waals surface area contributed by atoms with Crippen LogP contribution in [0.25, 0.3) is 0 Å². The molecule has 0 radical (unpaired) electrons. The molecule has 120 valence electrons. The van der Waals surface area contributed by atoms with E-state index in [1.165, 1.54) is 32.1 Å². The van der Waals surface area contributed by atoms with Gasteiger partial charge in [-0.25, -0.2) is 0 Å². The van der Waals surface area contributed by atoms with E-state index >= 15 is 0 Å². The fraction of sp³-hybridized carbons (Fsp3) is 0.632. The van der Waals surface area contributed by atoms with E-state index in [0.717, 1.165) is 43.1 Å². The maximum atomic E-state index is 12.7. The van der Waals surface area contributed by atoms with Gasteiger partial charge in [0.25, 0.3) is 5.91 Å². The van der Waals surface area contributed by atoms with Crippen molar-refractivity contribution in [3.63, 3.8) is 0 Å². The molecule has 1 heterocycles. The van der Waals surface area contributed by atoms with Gasteiger partial charge in [-0.1, -0.05) is 25.5 Å². The number of carbonyl (C=O) groups is 1. The van der Waals surface area contributed by atoms with Crippen molar-refractivity contribution in [3.8, 4) is 0 Å². The minimum atomic E-state index is 0.113. The third kappa shape index (κ3) is 3.45. The molecule has 1 aliphatic heterocycles. The second-order valence-corrected chi connectivity index (χ2v) is 6.81. The summed E-state index contributed by atoms with van der Waals surface area (Å²) in [7, 11) is 0. The molecule has 2 fully saturated rings. The summed E-state index contributed by atoms with van der Waals surface area (Å²) in [6, 6.07) is 8.44. The molecule has 0 aromatic heterocycles. The zero-order valence-corrected chi connectivity index (χ0v) is 13.7. The van der Waals surface area contributed by atoms with Crippen LogP contribution in [0, 0.1) is 5.92 Å². The molecule has 1 saturated carbocycles. The Morgan fingerprint density at radius 1 is 1.14 bits per heavy atom. The minimum absolute atomic E-state index is 0.113. The zero-order chi connectivity index (χ0) is 15.4. The molecule has 1 saturated heterocycles. The Bertz CT molecular complexity index is 500. The number of benzene rings is 1. The Morgan fingerprint density at radius 3 is 2.50 bits per heavy atom. The average molecular weight is 300 g/mol. The first-order valence-electron chi connectivity index (χ1n) is 8.92. The number of nitrogens with zero attached hydrogens (tertiary/aromatic N) is 1. The van der Waals surface area contributed by atoms with Gasteiger partial charge in [-0.2, -0.15) is 0 Å². The minimum Gasteiger partial charge on any atom is -0.371 e. The van der Waals surface area contributed by atoms with E-state index in [-0.39, 0.29) is 5.91 Å². The van der Waals surface area contributed by atoms with Crippen LogP contribution in [0.15, 0.2) is 24.3 Å². The summed E-state index contributed by atoms with van der Waals surface area (Å²) in [6.45, 7) is 4.42. The molecule has 1 aromatic rings. The first-order valence-corrected chi connectivity index (χ1v) is 8.92. The van der Waals surface area contributed by atoms with E-state index in [4.69, 9.17) is 0 Å². The van der Waals surface area contributed by atoms with E-state index in [1.807, 2.05) is 18.2 Å². The van der Waals surface area contributed by atoms with E-state index in [1.54, 1.807) is 0 Å². The molecule has 0 unspecified atom stereocenters. The lowest BCUT2D eigenvalue weighted by atomic mass is 9.84. The topological polar surface area (TPSA) is 32.3 Å². The van der Waals surface area contributed by atoms with Gasteiger partial charge in [0.15, 0.2) is 0 Å². The summed E-state index contributed by atoms with van der Waals surface area (Å²) in [5, 5.41) is 3.28. The number of amides is 1. The number of anilines is 1. The molecule has 1 amide bonds. The normalized spacial score (nSPS) is 25.2. The van der Waals surface area contributed by atoms with Gasteiger partial charge in [0.1, 0.15) is 0 Å². The predicted molar refractivity (Wildman–Crippen MR) is 91.4 cm³/mol. The standard InChI is InChI=1S/C19H28N2O/c1-2-15-9-11-16(12-10-15)20-19(22)17-7-3-4-8-18(17)21-13-5-6-14-21/h3-4,7-8,15-16H,2,5-6,9-14H2,1H3,(H,20,22). The third-order valence-electron chi connectivity index (χ3n) is 5.35. The number of para-hydroxylation sites is 1. The highest BCUT2D eigenvalue weighted by atomic mass is 16.1. The molecule has 22 heavy (non-hydrogen) atoms. The largest absolute Gasteiger partial charge is 0.371 e. The number of hydrogen-bond donors (Lipinski definition) is 1. The summed E-state index contributed by atoms with van der Waals surface area (Å²) < 4.78 is 0.